The van der Waals surface area contributed by atoms with Crippen LogP contribution in [0.3, 0.4) is 0 Å². The molecule has 2 aromatic carbocycles. The van der Waals surface area contributed by atoms with Crippen molar-refractivity contribution in [1.82, 2.24) is 19.5 Å². The maximum Gasteiger partial charge on any atom is 0.319 e. The third-order valence-corrected chi connectivity index (χ3v) is 4.48. The molecule has 0 spiro atoms. The highest BCUT2D eigenvalue weighted by atomic mass is 19.1. The molecule has 0 N–H and O–H groups in total. The number of methoxy groups -OCH3 is 2. The third kappa shape index (κ3) is 3.75. The summed E-state index contributed by atoms with van der Waals surface area (Å²) >= 11 is 0. The van der Waals surface area contributed by atoms with Gasteiger partial charge in [0.15, 0.2) is 0 Å². The van der Waals surface area contributed by atoms with Crippen molar-refractivity contribution < 1.29 is 18.7 Å². The van der Waals surface area contributed by atoms with Crippen molar-refractivity contribution in [3.8, 4) is 28.7 Å². The number of carbonyl (C=O) groups is 1. The molecule has 150 valence electrons. The first-order valence-corrected chi connectivity index (χ1v) is 8.99. The van der Waals surface area contributed by atoms with E-state index in [0.29, 0.717) is 17.0 Å². The third-order valence-electron chi connectivity index (χ3n) is 4.48. The van der Waals surface area contributed by atoms with Gasteiger partial charge >= 0.3 is 6.01 Å². The highest BCUT2D eigenvalue weighted by Gasteiger charge is 2.14. The van der Waals surface area contributed by atoms with Crippen LogP contribution >= 0.6 is 0 Å². The van der Waals surface area contributed by atoms with Crippen LogP contribution in [0.1, 0.15) is 16.1 Å². The zero-order valence-electron chi connectivity index (χ0n) is 16.2. The van der Waals surface area contributed by atoms with Gasteiger partial charge in [-0.1, -0.05) is 12.1 Å². The van der Waals surface area contributed by atoms with Gasteiger partial charge in [0.25, 0.3) is 0 Å². The normalized spacial score (nSPS) is 10.6. The summed E-state index contributed by atoms with van der Waals surface area (Å²) in [5, 5.41) is 0. The van der Waals surface area contributed by atoms with Gasteiger partial charge in [0, 0.05) is 23.6 Å². The second-order valence-electron chi connectivity index (χ2n) is 6.33. The lowest BCUT2D eigenvalue weighted by Crippen LogP contribution is -2.01. The Morgan fingerprint density at radius 2 is 1.83 bits per heavy atom. The number of hydrogen-bond acceptors (Lipinski definition) is 6. The minimum absolute atomic E-state index is 0.213. The van der Waals surface area contributed by atoms with E-state index in [1.54, 1.807) is 23.3 Å². The van der Waals surface area contributed by atoms with Crippen LogP contribution in [-0.4, -0.2) is 39.5 Å². The highest BCUT2D eigenvalue weighted by molar-refractivity contribution is 6.07. The van der Waals surface area contributed by atoms with Gasteiger partial charge in [0.1, 0.15) is 17.8 Å². The van der Waals surface area contributed by atoms with Crippen molar-refractivity contribution in [2.45, 2.75) is 0 Å². The van der Waals surface area contributed by atoms with E-state index < -0.39 is 5.82 Å². The predicted molar refractivity (Wildman–Crippen MR) is 108 cm³/mol. The van der Waals surface area contributed by atoms with E-state index in [4.69, 9.17) is 9.47 Å². The second-order valence-corrected chi connectivity index (χ2v) is 6.33. The number of ketones is 1. The quantitative estimate of drug-likeness (QED) is 0.456. The zero-order chi connectivity index (χ0) is 21.1. The molecule has 0 amide bonds. The first-order valence-electron chi connectivity index (χ1n) is 8.99. The molecule has 0 bridgehead atoms. The summed E-state index contributed by atoms with van der Waals surface area (Å²) in [6.45, 7) is 0. The first-order chi connectivity index (χ1) is 14.6. The molecule has 8 heteroatoms. The van der Waals surface area contributed by atoms with Crippen molar-refractivity contribution in [1.29, 1.82) is 0 Å². The highest BCUT2D eigenvalue weighted by Crippen LogP contribution is 2.30. The van der Waals surface area contributed by atoms with Crippen LogP contribution in [0.15, 0.2) is 67.3 Å². The topological polar surface area (TPSA) is 79.1 Å². The molecule has 4 rings (SSSR count). The average molecular weight is 404 g/mol. The van der Waals surface area contributed by atoms with E-state index in [1.165, 1.54) is 38.5 Å². The summed E-state index contributed by atoms with van der Waals surface area (Å²) in [5.41, 5.74) is 2.94. The molecule has 0 unspecified atom stereocenters. The minimum Gasteiger partial charge on any atom is -0.480 e. The molecule has 0 aliphatic heterocycles. The molecule has 0 aliphatic carbocycles. The molecule has 2 heterocycles. The SMILES string of the molecule is COc1ncc(-c2cccc(-n3cnc(C(=O)c4ccc(F)cc4)c3)c2)c(OC)n1. The molecule has 0 atom stereocenters. The summed E-state index contributed by atoms with van der Waals surface area (Å²) in [6, 6.07) is 13.1. The monoisotopic (exact) mass is 404 g/mol. The summed E-state index contributed by atoms with van der Waals surface area (Å²) < 4.78 is 25.2. The standard InChI is InChI=1S/C22H17FN4O3/c1-29-21-18(11-24-22(26-21)30-2)15-4-3-5-17(10-15)27-12-19(25-13-27)20(28)14-6-8-16(23)9-7-14/h3-13H,1-2H3. The van der Waals surface area contributed by atoms with Crippen LogP contribution in [0.4, 0.5) is 4.39 Å². The second kappa shape index (κ2) is 8.12. The van der Waals surface area contributed by atoms with Crippen LogP contribution in [0, 0.1) is 5.82 Å². The summed E-state index contributed by atoms with van der Waals surface area (Å²) in [4.78, 5) is 25.2. The number of benzene rings is 2. The van der Waals surface area contributed by atoms with Crippen molar-refractivity contribution in [3.05, 3.63) is 84.3 Å². The smallest absolute Gasteiger partial charge is 0.319 e. The lowest BCUT2D eigenvalue weighted by molar-refractivity contribution is 0.103. The fourth-order valence-electron chi connectivity index (χ4n) is 2.97. The lowest BCUT2D eigenvalue weighted by Gasteiger charge is -2.10. The van der Waals surface area contributed by atoms with Gasteiger partial charge in [-0.05, 0) is 42.0 Å². The molecule has 7 nitrogen and oxygen atoms in total. The Morgan fingerprint density at radius 3 is 2.57 bits per heavy atom. The predicted octanol–water partition coefficient (Wildman–Crippen LogP) is 3.72. The average Bonchev–Trinajstić information content (AvgIpc) is 3.29. The van der Waals surface area contributed by atoms with E-state index in [1.807, 2.05) is 24.3 Å². The minimum atomic E-state index is -0.396. The van der Waals surface area contributed by atoms with Gasteiger partial charge in [-0.3, -0.25) is 4.79 Å². The molecule has 0 saturated heterocycles. The van der Waals surface area contributed by atoms with Crippen LogP contribution in [-0.2, 0) is 0 Å². The van der Waals surface area contributed by atoms with E-state index in [2.05, 4.69) is 15.0 Å². The number of rotatable bonds is 6. The van der Waals surface area contributed by atoms with Crippen LogP contribution in [0.5, 0.6) is 11.9 Å². The summed E-state index contributed by atoms with van der Waals surface area (Å²) in [6.07, 6.45) is 4.81. The number of halogens is 1. The number of imidazole rings is 1. The van der Waals surface area contributed by atoms with Gasteiger partial charge in [0.05, 0.1) is 19.8 Å². The Hall–Kier alpha value is -4.07. The van der Waals surface area contributed by atoms with Gasteiger partial charge in [-0.25, -0.2) is 14.4 Å². The Kier molecular flexibility index (Phi) is 5.21. The van der Waals surface area contributed by atoms with Crippen molar-refractivity contribution >= 4 is 5.78 Å². The molecule has 0 fully saturated rings. The van der Waals surface area contributed by atoms with Crippen molar-refractivity contribution in [2.75, 3.05) is 14.2 Å². The van der Waals surface area contributed by atoms with Crippen molar-refractivity contribution in [2.24, 2.45) is 0 Å². The molecule has 4 aromatic rings. The number of aromatic nitrogens is 4. The Bertz CT molecular complexity index is 1210. The number of carbonyl (C=O) groups excluding carboxylic acids is 1. The van der Waals surface area contributed by atoms with Crippen LogP contribution in [0.25, 0.3) is 16.8 Å². The fraction of sp³-hybridized carbons (Fsp3) is 0.0909. The number of hydrogen-bond donors (Lipinski definition) is 0. The van der Waals surface area contributed by atoms with E-state index in [9.17, 15) is 9.18 Å². The van der Waals surface area contributed by atoms with E-state index in [0.717, 1.165) is 11.3 Å². The fourth-order valence-corrected chi connectivity index (χ4v) is 2.97. The summed E-state index contributed by atoms with van der Waals surface area (Å²) in [5.74, 6) is -0.293. The molecule has 30 heavy (non-hydrogen) atoms. The largest absolute Gasteiger partial charge is 0.480 e. The first kappa shape index (κ1) is 19.3. The lowest BCUT2D eigenvalue weighted by atomic mass is 10.1. The van der Waals surface area contributed by atoms with E-state index in [-0.39, 0.29) is 17.5 Å². The Balaban J connectivity index is 1.65. The molecule has 0 aliphatic rings. The van der Waals surface area contributed by atoms with Gasteiger partial charge in [-0.2, -0.15) is 4.98 Å². The van der Waals surface area contributed by atoms with Gasteiger partial charge in [0.2, 0.25) is 11.7 Å². The van der Waals surface area contributed by atoms with Crippen LogP contribution in [0.2, 0.25) is 0 Å². The number of nitrogens with zero attached hydrogens (tertiary/aromatic N) is 4. The molecule has 0 radical (unpaired) electrons. The molecular weight excluding hydrogens is 387 g/mol. The maximum atomic E-state index is 13.1. The molecule has 0 saturated carbocycles. The van der Waals surface area contributed by atoms with Crippen molar-refractivity contribution in [3.63, 3.8) is 0 Å². The maximum absolute atomic E-state index is 13.1. The van der Waals surface area contributed by atoms with Gasteiger partial charge < -0.3 is 14.0 Å². The summed E-state index contributed by atoms with van der Waals surface area (Å²) in [7, 11) is 3.01. The molecular formula is C22H17FN4O3. The number of ether oxygens (including phenoxy) is 2. The van der Waals surface area contributed by atoms with E-state index >= 15 is 0 Å². The van der Waals surface area contributed by atoms with Gasteiger partial charge in [-0.15, -0.1) is 0 Å². The Labute approximate surface area is 171 Å². The Morgan fingerprint density at radius 1 is 1.03 bits per heavy atom. The molecule has 2 aromatic heterocycles. The zero-order valence-corrected chi connectivity index (χ0v) is 16.2. The van der Waals surface area contributed by atoms with Crippen LogP contribution < -0.4 is 9.47 Å².